The maximum Gasteiger partial charge on any atom is 0.416 e. The predicted molar refractivity (Wildman–Crippen MR) is 108 cm³/mol. The number of aromatic nitrogens is 3. The Balaban J connectivity index is 1.65. The molecule has 162 valence electrons. The number of aliphatic hydroxyl groups is 1. The van der Waals surface area contributed by atoms with E-state index in [1.165, 1.54) is 12.4 Å². The fourth-order valence-corrected chi connectivity index (χ4v) is 4.79. The summed E-state index contributed by atoms with van der Waals surface area (Å²) in [4.78, 5) is 21.5. The lowest BCUT2D eigenvalue weighted by Crippen LogP contribution is -2.45. The first-order chi connectivity index (χ1) is 14.7. The van der Waals surface area contributed by atoms with Gasteiger partial charge in [-0.2, -0.15) is 13.2 Å². The van der Waals surface area contributed by atoms with Crippen LogP contribution in [0.5, 0.6) is 0 Å². The number of nitrogens with one attached hydrogen (secondary N) is 2. The average molecular weight is 431 g/mol. The molecule has 5 rings (SSSR count). The number of alkyl halides is 3. The van der Waals surface area contributed by atoms with Gasteiger partial charge < -0.3 is 10.4 Å². The highest BCUT2D eigenvalue weighted by Crippen LogP contribution is 2.42. The number of aryl methyl sites for hydroxylation is 1. The summed E-state index contributed by atoms with van der Waals surface area (Å²) in [5, 5.41) is 16.8. The van der Waals surface area contributed by atoms with Crippen LogP contribution in [0.2, 0.25) is 0 Å². The van der Waals surface area contributed by atoms with E-state index in [2.05, 4.69) is 20.6 Å². The van der Waals surface area contributed by atoms with Gasteiger partial charge in [0.15, 0.2) is 0 Å². The van der Waals surface area contributed by atoms with E-state index in [0.717, 1.165) is 25.0 Å². The summed E-state index contributed by atoms with van der Waals surface area (Å²) in [6, 6.07) is 4.80. The van der Waals surface area contributed by atoms with E-state index in [1.807, 2.05) is 0 Å². The van der Waals surface area contributed by atoms with Crippen LogP contribution in [0.4, 0.5) is 24.7 Å². The third-order valence-electron chi connectivity index (χ3n) is 6.18. The highest BCUT2D eigenvalue weighted by molar-refractivity contribution is 5.91. The normalized spacial score (nSPS) is 19.8. The molecule has 1 fully saturated rings. The highest BCUT2D eigenvalue weighted by atomic mass is 19.4. The number of aliphatic hydroxyl groups excluding tert-OH is 1. The van der Waals surface area contributed by atoms with Crippen LogP contribution in [0.1, 0.15) is 48.7 Å². The van der Waals surface area contributed by atoms with Crippen LogP contribution >= 0.6 is 0 Å². The van der Waals surface area contributed by atoms with Crippen molar-refractivity contribution in [2.45, 2.75) is 50.7 Å². The number of benzene rings is 1. The Labute approximate surface area is 174 Å². The molecule has 0 amide bonds. The number of rotatable bonds is 2. The van der Waals surface area contributed by atoms with E-state index in [1.54, 1.807) is 17.6 Å². The van der Waals surface area contributed by atoms with Gasteiger partial charge in [0.1, 0.15) is 29.7 Å². The fourth-order valence-electron chi connectivity index (χ4n) is 4.79. The Kier molecular flexibility index (Phi) is 4.35. The van der Waals surface area contributed by atoms with E-state index in [0.29, 0.717) is 29.6 Å². The Morgan fingerprint density at radius 1 is 1.23 bits per heavy atom. The van der Waals surface area contributed by atoms with Crippen molar-refractivity contribution < 1.29 is 18.3 Å². The standard InChI is InChI=1S/C21H20F3N5O2/c1-11-8-15(19(31)29-16(11)18(30)28-20(29)6-2-3-7-20)27-17-13-9-12(21(22,23)24)4-5-14(13)25-10-26-17/h4-5,8-10,18,28,30H,2-3,6-7H2,1H3,(H,25,26,27). The van der Waals surface area contributed by atoms with Crippen LogP contribution in [-0.2, 0) is 11.8 Å². The lowest BCUT2D eigenvalue weighted by Gasteiger charge is -2.27. The first kappa shape index (κ1) is 20.0. The molecule has 0 saturated heterocycles. The summed E-state index contributed by atoms with van der Waals surface area (Å²) in [6.45, 7) is 1.79. The minimum absolute atomic E-state index is 0.111. The van der Waals surface area contributed by atoms with Crippen molar-refractivity contribution in [3.05, 3.63) is 57.8 Å². The summed E-state index contributed by atoms with van der Waals surface area (Å²) >= 11 is 0. The molecule has 1 unspecified atom stereocenters. The summed E-state index contributed by atoms with van der Waals surface area (Å²) in [5.41, 5.74) is -0.105. The molecule has 3 heterocycles. The molecule has 2 aliphatic rings. The van der Waals surface area contributed by atoms with E-state index in [4.69, 9.17) is 0 Å². The SMILES string of the molecule is Cc1cc(Nc2ncnc3ccc(C(F)(F)F)cc23)c(=O)n2c1C(O)NC21CCCC1. The first-order valence-electron chi connectivity index (χ1n) is 10.0. The van der Waals surface area contributed by atoms with Gasteiger partial charge in [0.25, 0.3) is 5.56 Å². The van der Waals surface area contributed by atoms with Crippen LogP contribution in [-0.4, -0.2) is 19.6 Å². The quantitative estimate of drug-likeness (QED) is 0.573. The molecule has 10 heteroatoms. The van der Waals surface area contributed by atoms with Gasteiger partial charge in [-0.3, -0.25) is 14.7 Å². The van der Waals surface area contributed by atoms with Gasteiger partial charge in [-0.1, -0.05) is 0 Å². The fraction of sp³-hybridized carbons (Fsp3) is 0.381. The molecular formula is C21H20F3N5O2. The Hall–Kier alpha value is -2.98. The largest absolute Gasteiger partial charge is 0.416 e. The Morgan fingerprint density at radius 2 is 1.97 bits per heavy atom. The van der Waals surface area contributed by atoms with E-state index < -0.39 is 23.6 Å². The average Bonchev–Trinajstić information content (AvgIpc) is 3.29. The second kappa shape index (κ2) is 6.76. The number of halogens is 3. The van der Waals surface area contributed by atoms with Crippen molar-refractivity contribution >= 4 is 22.4 Å². The number of pyridine rings is 1. The monoisotopic (exact) mass is 431 g/mol. The maximum absolute atomic E-state index is 13.4. The van der Waals surface area contributed by atoms with E-state index in [-0.39, 0.29) is 22.5 Å². The number of nitrogens with zero attached hydrogens (tertiary/aromatic N) is 3. The molecule has 31 heavy (non-hydrogen) atoms. The van der Waals surface area contributed by atoms with Crippen molar-refractivity contribution in [3.63, 3.8) is 0 Å². The van der Waals surface area contributed by atoms with Gasteiger partial charge in [-0.25, -0.2) is 9.97 Å². The molecule has 1 spiro atoms. The van der Waals surface area contributed by atoms with Gasteiger partial charge in [-0.15, -0.1) is 0 Å². The zero-order valence-electron chi connectivity index (χ0n) is 16.6. The van der Waals surface area contributed by atoms with Gasteiger partial charge >= 0.3 is 6.18 Å². The van der Waals surface area contributed by atoms with Gasteiger partial charge in [0.05, 0.1) is 16.8 Å². The minimum atomic E-state index is -4.51. The number of fused-ring (bicyclic) bond motifs is 3. The highest BCUT2D eigenvalue weighted by Gasteiger charge is 2.46. The van der Waals surface area contributed by atoms with Crippen molar-refractivity contribution in [2.75, 3.05) is 5.32 Å². The zero-order chi connectivity index (χ0) is 22.0. The number of hydrogen-bond acceptors (Lipinski definition) is 6. The molecule has 0 bridgehead atoms. The van der Waals surface area contributed by atoms with E-state index >= 15 is 0 Å². The summed E-state index contributed by atoms with van der Waals surface area (Å²) in [7, 11) is 0. The van der Waals surface area contributed by atoms with Crippen LogP contribution in [0.15, 0.2) is 35.4 Å². The molecule has 1 atom stereocenters. The van der Waals surface area contributed by atoms with Crippen LogP contribution in [0, 0.1) is 6.92 Å². The minimum Gasteiger partial charge on any atom is -0.373 e. The molecule has 3 aromatic rings. The first-order valence-corrected chi connectivity index (χ1v) is 10.0. The second-order valence-corrected chi connectivity index (χ2v) is 8.13. The lowest BCUT2D eigenvalue weighted by atomic mass is 10.1. The molecule has 1 aliphatic heterocycles. The van der Waals surface area contributed by atoms with E-state index in [9.17, 15) is 23.1 Å². The third kappa shape index (κ3) is 3.09. The predicted octanol–water partition coefficient (Wildman–Crippen LogP) is 3.68. The second-order valence-electron chi connectivity index (χ2n) is 8.13. The molecular weight excluding hydrogens is 411 g/mol. The summed E-state index contributed by atoms with van der Waals surface area (Å²) in [5.74, 6) is 0.111. The van der Waals surface area contributed by atoms with Gasteiger partial charge in [0.2, 0.25) is 0 Å². The zero-order valence-corrected chi connectivity index (χ0v) is 16.6. The third-order valence-corrected chi connectivity index (χ3v) is 6.18. The number of anilines is 2. The molecule has 1 aliphatic carbocycles. The number of hydrogen-bond donors (Lipinski definition) is 3. The van der Waals surface area contributed by atoms with Crippen LogP contribution in [0.3, 0.4) is 0 Å². The smallest absolute Gasteiger partial charge is 0.373 e. The maximum atomic E-state index is 13.4. The van der Waals surface area contributed by atoms with Crippen molar-refractivity contribution in [3.8, 4) is 0 Å². The molecule has 7 nitrogen and oxygen atoms in total. The van der Waals surface area contributed by atoms with Crippen molar-refractivity contribution in [2.24, 2.45) is 0 Å². The Morgan fingerprint density at radius 3 is 2.68 bits per heavy atom. The van der Waals surface area contributed by atoms with Crippen LogP contribution in [0.25, 0.3) is 10.9 Å². The van der Waals surface area contributed by atoms with Crippen LogP contribution < -0.4 is 16.2 Å². The van der Waals surface area contributed by atoms with Gasteiger partial charge in [0, 0.05) is 5.39 Å². The molecule has 1 saturated carbocycles. The van der Waals surface area contributed by atoms with Crippen molar-refractivity contribution in [1.29, 1.82) is 0 Å². The summed E-state index contributed by atoms with van der Waals surface area (Å²) in [6.07, 6.45) is -0.940. The topological polar surface area (TPSA) is 92.1 Å². The molecule has 1 aromatic carbocycles. The summed E-state index contributed by atoms with van der Waals surface area (Å²) < 4.78 is 41.2. The lowest BCUT2D eigenvalue weighted by molar-refractivity contribution is -0.137. The molecule has 3 N–H and O–H groups in total. The van der Waals surface area contributed by atoms with Crippen molar-refractivity contribution in [1.82, 2.24) is 19.9 Å². The molecule has 2 aromatic heterocycles. The molecule has 0 radical (unpaired) electrons. The van der Waals surface area contributed by atoms with Gasteiger partial charge in [-0.05, 0) is 62.4 Å². The Bertz CT molecular complexity index is 1250.